The van der Waals surface area contributed by atoms with Gasteiger partial charge in [0.2, 0.25) is 0 Å². The Labute approximate surface area is 185 Å². The van der Waals surface area contributed by atoms with Gasteiger partial charge in [-0.25, -0.2) is 0 Å². The molecule has 0 bridgehead atoms. The van der Waals surface area contributed by atoms with Gasteiger partial charge < -0.3 is 10.6 Å². The molecule has 0 aliphatic carbocycles. The van der Waals surface area contributed by atoms with Crippen molar-refractivity contribution in [1.29, 1.82) is 0 Å². The first-order chi connectivity index (χ1) is 12.4. The molecule has 0 fully saturated rings. The van der Waals surface area contributed by atoms with Crippen molar-refractivity contribution in [3.8, 4) is 5.75 Å². The number of Topliss-reactive ketones (excluding diaryl/α,β-unsaturated/α-hetero) is 1. The third-order valence-electron chi connectivity index (χ3n) is 3.28. The molecule has 2 rings (SSSR count). The maximum atomic E-state index is 11.6. The summed E-state index contributed by atoms with van der Waals surface area (Å²) < 4.78 is 0. The molecule has 0 aliphatic rings. The second-order valence-electron chi connectivity index (χ2n) is 5.31. The van der Waals surface area contributed by atoms with E-state index >= 15 is 0 Å². The van der Waals surface area contributed by atoms with Crippen LogP contribution in [0, 0.1) is 0 Å². The summed E-state index contributed by atoms with van der Waals surface area (Å²) in [6, 6.07) is 11.8. The van der Waals surface area contributed by atoms with Crippen LogP contribution in [-0.4, -0.2) is 23.3 Å². The standard InChI is InChI=1S/C20H16Cl2N2O2.O.V/c1-13(21)9-15(14(2)25)11-23-18-5-3-4-6-19(18)24-12-16-10-17(22)7-8-20(16)26;;/h3-12,26H,1H2,2H3;;/q;-2;/b15-9-,23-11?,24-12?;;. The molecule has 0 spiro atoms. The number of rotatable bonds is 6. The van der Waals surface area contributed by atoms with Gasteiger partial charge >= 0.3 is 0 Å². The van der Waals surface area contributed by atoms with Crippen molar-refractivity contribution < 1.29 is 33.9 Å². The van der Waals surface area contributed by atoms with Crippen LogP contribution in [0.25, 0.3) is 0 Å². The fourth-order valence-electron chi connectivity index (χ4n) is 1.99. The zero-order valence-electron chi connectivity index (χ0n) is 14.8. The SMILES string of the molecule is C=C(Cl)/C=C(/C=Nc1ccccc1N=Cc1cc(Cl)ccc1O)C(C)=O.[O-2].[V]. The van der Waals surface area contributed by atoms with Crippen LogP contribution in [0.15, 0.2) is 75.7 Å². The van der Waals surface area contributed by atoms with Crippen LogP contribution < -0.4 is 0 Å². The van der Waals surface area contributed by atoms with Gasteiger partial charge in [-0.15, -0.1) is 0 Å². The molecule has 0 atom stereocenters. The van der Waals surface area contributed by atoms with Crippen LogP contribution in [-0.2, 0) is 28.8 Å². The molecule has 0 saturated heterocycles. The van der Waals surface area contributed by atoms with Crippen molar-refractivity contribution in [1.82, 2.24) is 0 Å². The number of aliphatic imine (C=N–C) groups is 2. The molecule has 2 aromatic carbocycles. The summed E-state index contributed by atoms with van der Waals surface area (Å²) in [5.74, 6) is -0.109. The molecule has 1 radical (unpaired) electrons. The number of benzene rings is 2. The molecular formula is C20H16Cl2N2O3V-2. The van der Waals surface area contributed by atoms with E-state index in [1.165, 1.54) is 31.5 Å². The number of phenols is 1. The van der Waals surface area contributed by atoms with E-state index < -0.39 is 0 Å². The first-order valence-electron chi connectivity index (χ1n) is 7.59. The van der Waals surface area contributed by atoms with Crippen LogP contribution in [0.2, 0.25) is 5.02 Å². The summed E-state index contributed by atoms with van der Waals surface area (Å²) in [6.07, 6.45) is 4.36. The second kappa shape index (κ2) is 12.3. The number of aromatic hydroxyl groups is 1. The normalized spacial score (nSPS) is 11.2. The van der Waals surface area contributed by atoms with Crippen molar-refractivity contribution >= 4 is 52.8 Å². The van der Waals surface area contributed by atoms with Gasteiger partial charge in [-0.3, -0.25) is 14.8 Å². The Balaban J connectivity index is 0.00000364. The Kier molecular flexibility index (Phi) is 11.4. The van der Waals surface area contributed by atoms with E-state index in [1.54, 1.807) is 30.3 Å². The number of phenolic OH excluding ortho intramolecular Hbond substituents is 1. The third kappa shape index (κ3) is 7.84. The van der Waals surface area contributed by atoms with Crippen LogP contribution >= 0.6 is 23.2 Å². The van der Waals surface area contributed by atoms with E-state index in [4.69, 9.17) is 23.2 Å². The van der Waals surface area contributed by atoms with E-state index in [0.717, 1.165) is 0 Å². The Hall–Kier alpha value is -2.15. The molecule has 0 unspecified atom stereocenters. The minimum absolute atomic E-state index is 0. The van der Waals surface area contributed by atoms with Gasteiger partial charge in [0.15, 0.2) is 5.78 Å². The van der Waals surface area contributed by atoms with Gasteiger partial charge in [0.05, 0.1) is 11.4 Å². The number of allylic oxidation sites excluding steroid dienone is 3. The predicted octanol–water partition coefficient (Wildman–Crippen LogP) is 5.65. The number of carbonyl (C=O) groups is 1. The molecule has 1 N–H and O–H groups in total. The summed E-state index contributed by atoms with van der Waals surface area (Å²) in [4.78, 5) is 20.3. The van der Waals surface area contributed by atoms with Crippen LogP contribution in [0.3, 0.4) is 0 Å². The van der Waals surface area contributed by atoms with Crippen molar-refractivity contribution in [3.05, 3.63) is 76.3 Å². The fourth-order valence-corrected chi connectivity index (χ4v) is 2.29. The smallest absolute Gasteiger partial charge is 0.161 e. The van der Waals surface area contributed by atoms with Crippen LogP contribution in [0.5, 0.6) is 5.75 Å². The number of hydrogen-bond acceptors (Lipinski definition) is 4. The molecule has 0 aromatic heterocycles. The maximum absolute atomic E-state index is 11.6. The minimum Gasteiger partial charge on any atom is -2.00 e. The average Bonchev–Trinajstić information content (AvgIpc) is 2.59. The van der Waals surface area contributed by atoms with E-state index in [-0.39, 0.29) is 40.6 Å². The Morgan fingerprint density at radius 3 is 2.32 bits per heavy atom. The van der Waals surface area contributed by atoms with Gasteiger partial charge in [-0.1, -0.05) is 41.9 Å². The third-order valence-corrected chi connectivity index (χ3v) is 3.62. The zero-order valence-corrected chi connectivity index (χ0v) is 17.8. The van der Waals surface area contributed by atoms with E-state index in [0.29, 0.717) is 27.5 Å². The predicted molar refractivity (Wildman–Crippen MR) is 109 cm³/mol. The monoisotopic (exact) mass is 453 g/mol. The van der Waals surface area contributed by atoms with Crippen molar-refractivity contribution in [2.45, 2.75) is 6.92 Å². The average molecular weight is 454 g/mol. The Morgan fingerprint density at radius 2 is 1.75 bits per heavy atom. The van der Waals surface area contributed by atoms with E-state index in [9.17, 15) is 9.90 Å². The zero-order chi connectivity index (χ0) is 19.1. The van der Waals surface area contributed by atoms with Gasteiger partial charge in [0, 0.05) is 52.2 Å². The number of hydrogen-bond donors (Lipinski definition) is 1. The van der Waals surface area contributed by atoms with Gasteiger partial charge in [-0.05, 0) is 43.3 Å². The number of para-hydroxylation sites is 2. The van der Waals surface area contributed by atoms with Gasteiger partial charge in [-0.2, -0.15) is 0 Å². The second-order valence-corrected chi connectivity index (χ2v) is 6.23. The number of ketones is 1. The molecule has 28 heavy (non-hydrogen) atoms. The molecule has 5 nitrogen and oxygen atoms in total. The number of carbonyl (C=O) groups excluding carboxylic acids is 1. The Bertz CT molecular complexity index is 941. The summed E-state index contributed by atoms with van der Waals surface area (Å²) in [5.41, 5.74) is 1.93. The summed E-state index contributed by atoms with van der Waals surface area (Å²) in [7, 11) is 0. The topological polar surface area (TPSA) is 90.5 Å². The molecule has 2 aromatic rings. The minimum atomic E-state index is -0.180. The molecule has 145 valence electrons. The molecular weight excluding hydrogens is 438 g/mol. The summed E-state index contributed by atoms with van der Waals surface area (Å²) in [6.45, 7) is 4.97. The molecule has 0 aliphatic heterocycles. The summed E-state index contributed by atoms with van der Waals surface area (Å²) in [5, 5.41) is 10.6. The molecule has 8 heteroatoms. The first-order valence-corrected chi connectivity index (χ1v) is 8.35. The van der Waals surface area contributed by atoms with E-state index in [1.807, 2.05) is 6.07 Å². The molecule has 0 heterocycles. The van der Waals surface area contributed by atoms with Crippen molar-refractivity contribution in [3.63, 3.8) is 0 Å². The quantitative estimate of drug-likeness (QED) is 0.348. The molecule has 0 amide bonds. The maximum Gasteiger partial charge on any atom is 0.161 e. The van der Waals surface area contributed by atoms with Crippen molar-refractivity contribution in [2.75, 3.05) is 0 Å². The van der Waals surface area contributed by atoms with E-state index in [2.05, 4.69) is 16.6 Å². The Morgan fingerprint density at radius 1 is 1.14 bits per heavy atom. The van der Waals surface area contributed by atoms with Crippen LogP contribution in [0.1, 0.15) is 12.5 Å². The van der Waals surface area contributed by atoms with Gasteiger partial charge in [0.1, 0.15) is 5.75 Å². The molecule has 0 saturated carbocycles. The first kappa shape index (κ1) is 25.9. The van der Waals surface area contributed by atoms with Crippen molar-refractivity contribution in [2.24, 2.45) is 9.98 Å². The number of nitrogens with zero attached hydrogens (tertiary/aromatic N) is 2. The van der Waals surface area contributed by atoms with Gasteiger partial charge in [0.25, 0.3) is 0 Å². The number of halogens is 2. The largest absolute Gasteiger partial charge is 2.00 e. The summed E-state index contributed by atoms with van der Waals surface area (Å²) >= 11 is 11.7. The van der Waals surface area contributed by atoms with Crippen LogP contribution in [0.4, 0.5) is 11.4 Å². The fraction of sp³-hybridized carbons (Fsp3) is 0.0500.